The van der Waals surface area contributed by atoms with Gasteiger partial charge < -0.3 is 5.32 Å². The number of carbonyl (C=O) groups excluding carboxylic acids is 1. The van der Waals surface area contributed by atoms with Gasteiger partial charge in [-0.15, -0.1) is 0 Å². The first-order valence-corrected chi connectivity index (χ1v) is 6.92. The summed E-state index contributed by atoms with van der Waals surface area (Å²) in [5.74, 6) is 0.605. The molecule has 3 nitrogen and oxygen atoms in total. The molecule has 0 radical (unpaired) electrons. The summed E-state index contributed by atoms with van der Waals surface area (Å²) >= 11 is 3.62. The van der Waals surface area contributed by atoms with E-state index in [1.54, 1.807) is 12.3 Å². The molecule has 1 N–H and O–H groups in total. The summed E-state index contributed by atoms with van der Waals surface area (Å²) in [4.78, 5) is 16.7. The third-order valence-electron chi connectivity index (χ3n) is 3.28. The molecule has 1 aliphatic rings. The molecule has 2 unspecified atom stereocenters. The summed E-state index contributed by atoms with van der Waals surface area (Å²) in [6, 6.07) is 3.62. The highest BCUT2D eigenvalue weighted by Gasteiger charge is 2.23. The van der Waals surface area contributed by atoms with Gasteiger partial charge in [0.1, 0.15) is 0 Å². The lowest BCUT2D eigenvalue weighted by Crippen LogP contribution is -2.29. The van der Waals surface area contributed by atoms with Gasteiger partial charge in [0.2, 0.25) is 0 Å². The Balaban J connectivity index is 1.88. The molecule has 0 aliphatic heterocycles. The van der Waals surface area contributed by atoms with Crippen LogP contribution in [0.5, 0.6) is 0 Å². The minimum Gasteiger partial charge on any atom is -0.352 e. The lowest BCUT2D eigenvalue weighted by molar-refractivity contribution is 0.0946. The van der Waals surface area contributed by atoms with Crippen LogP contribution in [0.1, 0.15) is 35.3 Å². The molecule has 1 heterocycles. The normalized spacial score (nSPS) is 23.6. The Labute approximate surface area is 110 Å². The zero-order valence-corrected chi connectivity index (χ0v) is 11.5. The molecule has 1 saturated carbocycles. The lowest BCUT2D eigenvalue weighted by atomic mass is 10.1. The van der Waals surface area contributed by atoms with Crippen molar-refractivity contribution < 1.29 is 4.79 Å². The number of aryl methyl sites for hydroxylation is 1. The van der Waals surface area contributed by atoms with E-state index in [-0.39, 0.29) is 5.91 Å². The molecule has 1 aliphatic carbocycles. The SMILES string of the molecule is Cc1ncccc1C(=O)NCC1CCC(Br)C1. The van der Waals surface area contributed by atoms with Crippen LogP contribution in [0, 0.1) is 12.8 Å². The van der Waals surface area contributed by atoms with E-state index in [0.717, 1.165) is 18.7 Å². The number of pyridine rings is 1. The van der Waals surface area contributed by atoms with Crippen molar-refractivity contribution in [2.24, 2.45) is 5.92 Å². The van der Waals surface area contributed by atoms with E-state index in [2.05, 4.69) is 26.2 Å². The average Bonchev–Trinajstić information content (AvgIpc) is 2.73. The second-order valence-corrected chi connectivity index (χ2v) is 5.92. The highest BCUT2D eigenvalue weighted by atomic mass is 79.9. The third-order valence-corrected chi connectivity index (χ3v) is 4.11. The summed E-state index contributed by atoms with van der Waals surface area (Å²) in [7, 11) is 0. The van der Waals surface area contributed by atoms with Gasteiger partial charge in [-0.1, -0.05) is 15.9 Å². The van der Waals surface area contributed by atoms with Gasteiger partial charge in [0.15, 0.2) is 0 Å². The van der Waals surface area contributed by atoms with Crippen molar-refractivity contribution in [3.63, 3.8) is 0 Å². The average molecular weight is 297 g/mol. The van der Waals surface area contributed by atoms with E-state index in [1.165, 1.54) is 12.8 Å². The first-order valence-electron chi connectivity index (χ1n) is 6.00. The topological polar surface area (TPSA) is 42.0 Å². The molecule has 0 saturated heterocycles. The molecule has 92 valence electrons. The maximum absolute atomic E-state index is 11.9. The third kappa shape index (κ3) is 3.28. The zero-order chi connectivity index (χ0) is 12.3. The summed E-state index contributed by atoms with van der Waals surface area (Å²) in [6.45, 7) is 2.63. The molecule has 0 bridgehead atoms. The molecule has 4 heteroatoms. The molecule has 1 aromatic rings. The summed E-state index contributed by atoms with van der Waals surface area (Å²) in [6.07, 6.45) is 5.28. The van der Waals surface area contributed by atoms with Gasteiger partial charge in [0.05, 0.1) is 5.56 Å². The van der Waals surface area contributed by atoms with Crippen molar-refractivity contribution in [2.45, 2.75) is 31.0 Å². The fraction of sp³-hybridized carbons (Fsp3) is 0.538. The van der Waals surface area contributed by atoms with Crippen LogP contribution >= 0.6 is 15.9 Å². The monoisotopic (exact) mass is 296 g/mol. The Morgan fingerprint density at radius 3 is 3.06 bits per heavy atom. The highest BCUT2D eigenvalue weighted by molar-refractivity contribution is 9.09. The quantitative estimate of drug-likeness (QED) is 0.872. The first-order chi connectivity index (χ1) is 8.16. The number of halogens is 1. The molecule has 2 atom stereocenters. The fourth-order valence-electron chi connectivity index (χ4n) is 2.26. The van der Waals surface area contributed by atoms with Crippen LogP contribution in [0.3, 0.4) is 0 Å². The molecule has 0 spiro atoms. The minimum atomic E-state index is -0.00591. The number of aromatic nitrogens is 1. The number of nitrogens with one attached hydrogen (secondary N) is 1. The van der Waals surface area contributed by atoms with Gasteiger partial charge >= 0.3 is 0 Å². The van der Waals surface area contributed by atoms with E-state index in [1.807, 2.05) is 13.0 Å². The summed E-state index contributed by atoms with van der Waals surface area (Å²) < 4.78 is 0. The first kappa shape index (κ1) is 12.6. The number of nitrogens with zero attached hydrogens (tertiary/aromatic N) is 1. The number of rotatable bonds is 3. The second kappa shape index (κ2) is 5.63. The summed E-state index contributed by atoms with van der Waals surface area (Å²) in [5, 5.41) is 3.00. The van der Waals surface area contributed by atoms with Gasteiger partial charge in [-0.3, -0.25) is 9.78 Å². The predicted octanol–water partition coefficient (Wildman–Crippen LogP) is 2.68. The zero-order valence-electron chi connectivity index (χ0n) is 9.95. The summed E-state index contributed by atoms with van der Waals surface area (Å²) in [5.41, 5.74) is 1.47. The van der Waals surface area contributed by atoms with Crippen LogP contribution < -0.4 is 5.32 Å². The number of carbonyl (C=O) groups is 1. The molecule has 1 aromatic heterocycles. The van der Waals surface area contributed by atoms with Crippen molar-refractivity contribution in [3.05, 3.63) is 29.6 Å². The van der Waals surface area contributed by atoms with Crippen LogP contribution in [0.4, 0.5) is 0 Å². The van der Waals surface area contributed by atoms with Crippen LogP contribution in [0.15, 0.2) is 18.3 Å². The van der Waals surface area contributed by atoms with Crippen LogP contribution in [0.25, 0.3) is 0 Å². The molecule has 2 rings (SSSR count). The molecular formula is C13H17BrN2O. The lowest BCUT2D eigenvalue weighted by Gasteiger charge is -2.11. The van der Waals surface area contributed by atoms with Gasteiger partial charge in [-0.05, 0) is 44.2 Å². The molecule has 1 amide bonds. The van der Waals surface area contributed by atoms with Gasteiger partial charge in [-0.25, -0.2) is 0 Å². The Hall–Kier alpha value is -0.900. The van der Waals surface area contributed by atoms with Gasteiger partial charge in [0.25, 0.3) is 5.91 Å². The Bertz CT molecular complexity index is 408. The van der Waals surface area contributed by atoms with Crippen molar-refractivity contribution in [1.29, 1.82) is 0 Å². The minimum absolute atomic E-state index is 0.00591. The van der Waals surface area contributed by atoms with Gasteiger partial charge in [0, 0.05) is 23.3 Å². The molecular weight excluding hydrogens is 280 g/mol. The Kier molecular flexibility index (Phi) is 4.15. The number of alkyl halides is 1. The van der Waals surface area contributed by atoms with Crippen LogP contribution in [-0.2, 0) is 0 Å². The van der Waals surface area contributed by atoms with Crippen molar-refractivity contribution in [3.8, 4) is 0 Å². The fourth-order valence-corrected chi connectivity index (χ4v) is 3.05. The van der Waals surface area contributed by atoms with E-state index in [0.29, 0.717) is 16.3 Å². The van der Waals surface area contributed by atoms with Crippen molar-refractivity contribution in [2.75, 3.05) is 6.54 Å². The predicted molar refractivity (Wildman–Crippen MR) is 71.4 cm³/mol. The van der Waals surface area contributed by atoms with E-state index >= 15 is 0 Å². The second-order valence-electron chi connectivity index (χ2n) is 4.62. The van der Waals surface area contributed by atoms with E-state index < -0.39 is 0 Å². The highest BCUT2D eigenvalue weighted by Crippen LogP contribution is 2.30. The largest absolute Gasteiger partial charge is 0.352 e. The number of hydrogen-bond acceptors (Lipinski definition) is 2. The van der Waals surface area contributed by atoms with Crippen LogP contribution in [0.2, 0.25) is 0 Å². The van der Waals surface area contributed by atoms with Crippen molar-refractivity contribution >= 4 is 21.8 Å². The molecule has 0 aromatic carbocycles. The van der Waals surface area contributed by atoms with Crippen LogP contribution in [-0.4, -0.2) is 22.3 Å². The molecule has 17 heavy (non-hydrogen) atoms. The maximum Gasteiger partial charge on any atom is 0.253 e. The Morgan fingerprint density at radius 1 is 1.59 bits per heavy atom. The number of hydrogen-bond donors (Lipinski definition) is 1. The standard InChI is InChI=1S/C13H17BrN2O/c1-9-12(3-2-6-15-9)13(17)16-8-10-4-5-11(14)7-10/h2-3,6,10-11H,4-5,7-8H2,1H3,(H,16,17). The maximum atomic E-state index is 11.9. The van der Waals surface area contributed by atoms with E-state index in [9.17, 15) is 4.79 Å². The smallest absolute Gasteiger partial charge is 0.253 e. The van der Waals surface area contributed by atoms with E-state index in [4.69, 9.17) is 0 Å². The number of amides is 1. The van der Waals surface area contributed by atoms with Gasteiger partial charge in [-0.2, -0.15) is 0 Å². The van der Waals surface area contributed by atoms with Crippen molar-refractivity contribution in [1.82, 2.24) is 10.3 Å². The molecule has 1 fully saturated rings. The Morgan fingerprint density at radius 2 is 2.41 bits per heavy atom.